The molecular formula is C23H28N4O. The van der Waals surface area contributed by atoms with Gasteiger partial charge in [-0.2, -0.15) is 0 Å². The van der Waals surface area contributed by atoms with E-state index in [0.717, 1.165) is 38.5 Å². The first-order valence-corrected chi connectivity index (χ1v) is 10.3. The molecule has 1 saturated heterocycles. The third-order valence-electron chi connectivity index (χ3n) is 6.12. The van der Waals surface area contributed by atoms with Crippen LogP contribution in [-0.4, -0.2) is 68.7 Å². The number of benzene rings is 2. The van der Waals surface area contributed by atoms with E-state index in [1.54, 1.807) is 0 Å². The summed E-state index contributed by atoms with van der Waals surface area (Å²) in [5.41, 5.74) is 4.04. The van der Waals surface area contributed by atoms with E-state index >= 15 is 0 Å². The van der Waals surface area contributed by atoms with Gasteiger partial charge in [0.1, 0.15) is 24.4 Å². The van der Waals surface area contributed by atoms with Crippen molar-refractivity contribution in [2.45, 2.75) is 18.5 Å². The lowest BCUT2D eigenvalue weighted by Gasteiger charge is -2.43. The van der Waals surface area contributed by atoms with Crippen LogP contribution in [0.4, 0.5) is 5.69 Å². The molecule has 0 radical (unpaired) electrons. The van der Waals surface area contributed by atoms with Gasteiger partial charge in [0.05, 0.1) is 6.54 Å². The topological polar surface area (TPSA) is 31.3 Å². The smallest absolute Gasteiger partial charge is 0.134 e. The summed E-state index contributed by atoms with van der Waals surface area (Å²) in [4.78, 5) is 12.1. The second-order valence-corrected chi connectivity index (χ2v) is 8.14. The van der Waals surface area contributed by atoms with Gasteiger partial charge in [-0.1, -0.05) is 24.3 Å². The summed E-state index contributed by atoms with van der Waals surface area (Å²) < 4.78 is 5.88. The van der Waals surface area contributed by atoms with E-state index in [9.17, 15) is 0 Å². The van der Waals surface area contributed by atoms with Gasteiger partial charge in [0.25, 0.3) is 0 Å². The Labute approximate surface area is 167 Å². The highest BCUT2D eigenvalue weighted by atomic mass is 16.5. The zero-order chi connectivity index (χ0) is 19.1. The monoisotopic (exact) mass is 376 g/mol. The minimum atomic E-state index is 0.372. The molecular weight excluding hydrogens is 348 g/mol. The van der Waals surface area contributed by atoms with Crippen molar-refractivity contribution in [3.05, 3.63) is 59.7 Å². The molecule has 0 aromatic heterocycles. The summed E-state index contributed by atoms with van der Waals surface area (Å²) in [5, 5.41) is 0. The summed E-state index contributed by atoms with van der Waals surface area (Å²) >= 11 is 0. The summed E-state index contributed by atoms with van der Waals surface area (Å²) in [5.74, 6) is 2.64. The van der Waals surface area contributed by atoms with Crippen LogP contribution in [0.5, 0.6) is 5.75 Å². The van der Waals surface area contributed by atoms with Gasteiger partial charge in [0.15, 0.2) is 0 Å². The minimum Gasteiger partial charge on any atom is -0.492 e. The quantitative estimate of drug-likeness (QED) is 0.803. The molecule has 0 saturated carbocycles. The fraction of sp³-hybridized carbons (Fsp3) is 0.435. The Balaban J connectivity index is 1.39. The van der Waals surface area contributed by atoms with Crippen molar-refractivity contribution in [3.63, 3.8) is 0 Å². The summed E-state index contributed by atoms with van der Waals surface area (Å²) in [6.07, 6.45) is 1.54. The van der Waals surface area contributed by atoms with Gasteiger partial charge in [-0.3, -0.25) is 4.99 Å². The Kier molecular flexibility index (Phi) is 4.47. The van der Waals surface area contributed by atoms with Crippen molar-refractivity contribution in [1.29, 1.82) is 0 Å². The zero-order valence-corrected chi connectivity index (χ0v) is 16.7. The lowest BCUT2D eigenvalue weighted by molar-refractivity contribution is 0.261. The Morgan fingerprint density at radius 2 is 1.86 bits per heavy atom. The number of fused-ring (bicyclic) bond motifs is 6. The van der Waals surface area contributed by atoms with E-state index in [1.807, 2.05) is 0 Å². The van der Waals surface area contributed by atoms with Crippen molar-refractivity contribution < 1.29 is 4.74 Å². The predicted octanol–water partition coefficient (Wildman–Crippen LogP) is 3.02. The number of nitrogens with zero attached hydrogens (tertiary/aromatic N) is 4. The summed E-state index contributed by atoms with van der Waals surface area (Å²) in [6, 6.07) is 17.5. The highest BCUT2D eigenvalue weighted by molar-refractivity contribution is 6.06. The first-order chi connectivity index (χ1) is 13.7. The zero-order valence-electron chi connectivity index (χ0n) is 16.7. The van der Waals surface area contributed by atoms with Crippen LogP contribution in [0.15, 0.2) is 53.5 Å². The number of para-hydroxylation sites is 1. The number of rotatable bonds is 5. The molecule has 3 aliphatic rings. The van der Waals surface area contributed by atoms with Crippen LogP contribution in [0.1, 0.15) is 23.5 Å². The molecule has 3 aliphatic heterocycles. The van der Waals surface area contributed by atoms with Crippen LogP contribution >= 0.6 is 0 Å². The van der Waals surface area contributed by atoms with Crippen molar-refractivity contribution in [1.82, 2.24) is 9.80 Å². The first-order valence-electron chi connectivity index (χ1n) is 10.3. The van der Waals surface area contributed by atoms with Crippen molar-refractivity contribution in [3.8, 4) is 5.75 Å². The highest BCUT2D eigenvalue weighted by Crippen LogP contribution is 2.44. The maximum atomic E-state index is 5.88. The molecule has 2 unspecified atom stereocenters. The summed E-state index contributed by atoms with van der Waals surface area (Å²) in [7, 11) is 4.13. The molecule has 1 fully saturated rings. The third kappa shape index (κ3) is 2.94. The molecule has 2 aromatic carbocycles. The van der Waals surface area contributed by atoms with Gasteiger partial charge in [-0.25, -0.2) is 0 Å². The lowest BCUT2D eigenvalue weighted by atomic mass is 9.93. The van der Waals surface area contributed by atoms with E-state index in [4.69, 9.17) is 9.73 Å². The van der Waals surface area contributed by atoms with Gasteiger partial charge in [0.2, 0.25) is 0 Å². The van der Waals surface area contributed by atoms with E-state index in [0.29, 0.717) is 12.1 Å². The number of likely N-dealkylation sites (N-methyl/N-ethyl adjacent to an activating group) is 1. The number of hydrogen-bond acceptors (Lipinski definition) is 5. The van der Waals surface area contributed by atoms with Crippen molar-refractivity contribution in [2.24, 2.45) is 4.99 Å². The van der Waals surface area contributed by atoms with Crippen molar-refractivity contribution in [2.75, 3.05) is 51.8 Å². The van der Waals surface area contributed by atoms with E-state index in [2.05, 4.69) is 77.3 Å². The lowest BCUT2D eigenvalue weighted by Crippen LogP contribution is -2.53. The molecule has 2 aromatic rings. The van der Waals surface area contributed by atoms with Crippen LogP contribution in [0.25, 0.3) is 0 Å². The molecule has 5 rings (SSSR count). The normalized spacial score (nSPS) is 22.8. The Bertz CT molecular complexity index is 876. The second-order valence-electron chi connectivity index (χ2n) is 8.14. The fourth-order valence-corrected chi connectivity index (χ4v) is 4.79. The minimum absolute atomic E-state index is 0.372. The van der Waals surface area contributed by atoms with E-state index in [-0.39, 0.29) is 0 Å². The third-order valence-corrected chi connectivity index (χ3v) is 6.12. The molecule has 28 heavy (non-hydrogen) atoms. The van der Waals surface area contributed by atoms with Crippen LogP contribution in [0, 0.1) is 0 Å². The first kappa shape index (κ1) is 17.6. The number of anilines is 1. The van der Waals surface area contributed by atoms with Crippen LogP contribution in [0.3, 0.4) is 0 Å². The number of hydrogen-bond donors (Lipinski definition) is 0. The molecule has 146 valence electrons. The molecule has 0 N–H and O–H groups in total. The Morgan fingerprint density at radius 3 is 2.68 bits per heavy atom. The standard InChI is InChI=1S/C23H28N4O/c1-25(2)15-16-28-18-9-7-17(8-10-18)19-11-13-26-21-6-4-3-5-20(21)22-24-12-14-27(22)23(19)26/h3-10,19,23H,11-16H2,1-2H3. The van der Waals surface area contributed by atoms with Gasteiger partial charge in [-0.15, -0.1) is 0 Å². The molecule has 0 spiro atoms. The number of ether oxygens (including phenoxy) is 1. The highest BCUT2D eigenvalue weighted by Gasteiger charge is 2.45. The maximum absolute atomic E-state index is 5.88. The largest absolute Gasteiger partial charge is 0.492 e. The van der Waals surface area contributed by atoms with Gasteiger partial charge < -0.3 is 19.4 Å². The fourth-order valence-electron chi connectivity index (χ4n) is 4.79. The maximum Gasteiger partial charge on any atom is 0.134 e. The van der Waals surface area contributed by atoms with E-state index in [1.165, 1.54) is 29.1 Å². The van der Waals surface area contributed by atoms with Crippen molar-refractivity contribution >= 4 is 11.5 Å². The average Bonchev–Trinajstić information content (AvgIpc) is 3.36. The predicted molar refractivity (Wildman–Crippen MR) is 114 cm³/mol. The molecule has 5 nitrogen and oxygen atoms in total. The average molecular weight is 377 g/mol. The molecule has 3 heterocycles. The second kappa shape index (κ2) is 7.13. The molecule has 0 amide bonds. The van der Waals surface area contributed by atoms with Gasteiger partial charge in [-0.05, 0) is 50.3 Å². The van der Waals surface area contributed by atoms with Gasteiger partial charge >= 0.3 is 0 Å². The summed E-state index contributed by atoms with van der Waals surface area (Å²) in [6.45, 7) is 4.66. The SMILES string of the molecule is CN(C)CCOc1ccc(C2CCN3c4ccccc4C4=NCCN4C23)cc1. The van der Waals surface area contributed by atoms with Gasteiger partial charge in [0, 0.05) is 36.8 Å². The molecule has 0 aliphatic carbocycles. The van der Waals surface area contributed by atoms with Crippen LogP contribution in [-0.2, 0) is 0 Å². The molecule has 2 atom stereocenters. The van der Waals surface area contributed by atoms with Crippen LogP contribution < -0.4 is 9.64 Å². The molecule has 5 heteroatoms. The van der Waals surface area contributed by atoms with E-state index < -0.39 is 0 Å². The Hall–Kier alpha value is -2.53. The molecule has 0 bridgehead atoms. The number of amidine groups is 1. The Morgan fingerprint density at radius 1 is 1.04 bits per heavy atom. The number of aliphatic imine (C=N–C) groups is 1. The van der Waals surface area contributed by atoms with Crippen LogP contribution in [0.2, 0.25) is 0 Å².